The van der Waals surface area contributed by atoms with Crippen molar-refractivity contribution >= 4 is 22.5 Å². The Hall–Kier alpha value is -6.11. The first-order valence-corrected chi connectivity index (χ1v) is 17.4. The molecule has 2 heterocycles. The number of aryl methyl sites for hydroxylation is 1. The van der Waals surface area contributed by atoms with E-state index < -0.39 is 5.54 Å². The topological polar surface area (TPSA) is 65.7 Å². The summed E-state index contributed by atoms with van der Waals surface area (Å²) in [4.78, 5) is 6.49. The summed E-state index contributed by atoms with van der Waals surface area (Å²) in [5.41, 5.74) is 8.02. The number of pyridine rings is 1. The SMILES string of the molecule is CCc1cc(OCc2ccc(-c3ccccc3-c3nnn(C(c4ccccc4)(c4ccccc4)c4ccccc4)n3)cc2)c2c(Cl)cccc2n1. The second-order valence-electron chi connectivity index (χ2n) is 12.3. The summed E-state index contributed by atoms with van der Waals surface area (Å²) in [6.45, 7) is 2.48. The molecule has 0 aliphatic rings. The molecule has 0 bridgehead atoms. The number of hydrogen-bond acceptors (Lipinski definition) is 5. The normalized spacial score (nSPS) is 11.5. The van der Waals surface area contributed by atoms with E-state index in [9.17, 15) is 0 Å². The molecular weight excluding hydrogens is 650 g/mol. The Bertz CT molecular complexity index is 2320. The van der Waals surface area contributed by atoms with Crippen molar-refractivity contribution in [3.8, 4) is 28.3 Å². The Morgan fingerprint density at radius 2 is 1.24 bits per heavy atom. The van der Waals surface area contributed by atoms with Gasteiger partial charge >= 0.3 is 0 Å². The smallest absolute Gasteiger partial charge is 0.205 e. The summed E-state index contributed by atoms with van der Waals surface area (Å²) in [6, 6.07) is 55.4. The Balaban J connectivity index is 1.14. The number of aromatic nitrogens is 5. The molecular formula is C44H34ClN5O. The molecule has 0 saturated heterocycles. The molecule has 7 heteroatoms. The minimum atomic E-state index is -0.853. The molecule has 0 aliphatic carbocycles. The van der Waals surface area contributed by atoms with E-state index in [4.69, 9.17) is 36.7 Å². The first-order valence-electron chi connectivity index (χ1n) is 17.0. The maximum absolute atomic E-state index is 6.58. The van der Waals surface area contributed by atoms with E-state index in [2.05, 4.69) is 110 Å². The number of ether oxygens (including phenoxy) is 1. The van der Waals surface area contributed by atoms with Gasteiger partial charge in [0.25, 0.3) is 0 Å². The highest BCUT2D eigenvalue weighted by atomic mass is 35.5. The van der Waals surface area contributed by atoms with Gasteiger partial charge in [-0.15, -0.1) is 15.0 Å². The minimum Gasteiger partial charge on any atom is -0.488 e. The van der Waals surface area contributed by atoms with E-state index in [1.165, 1.54) is 0 Å². The van der Waals surface area contributed by atoms with Gasteiger partial charge in [0.05, 0.1) is 15.9 Å². The van der Waals surface area contributed by atoms with Crippen LogP contribution in [0.15, 0.2) is 164 Å². The number of tetrazole rings is 1. The van der Waals surface area contributed by atoms with E-state index in [-0.39, 0.29) is 0 Å². The van der Waals surface area contributed by atoms with Gasteiger partial charge in [0.1, 0.15) is 12.4 Å². The molecule has 2 aromatic heterocycles. The monoisotopic (exact) mass is 683 g/mol. The van der Waals surface area contributed by atoms with Gasteiger partial charge in [0.15, 0.2) is 5.54 Å². The maximum Gasteiger partial charge on any atom is 0.205 e. The van der Waals surface area contributed by atoms with E-state index in [1.807, 2.05) is 60.7 Å². The first-order chi connectivity index (χ1) is 25.1. The number of rotatable bonds is 10. The van der Waals surface area contributed by atoms with Crippen molar-refractivity contribution in [1.82, 2.24) is 25.2 Å². The van der Waals surface area contributed by atoms with Crippen molar-refractivity contribution in [1.29, 1.82) is 0 Å². The lowest BCUT2D eigenvalue weighted by molar-refractivity contribution is 0.309. The van der Waals surface area contributed by atoms with Crippen molar-refractivity contribution in [2.24, 2.45) is 0 Å². The van der Waals surface area contributed by atoms with Crippen LogP contribution < -0.4 is 4.74 Å². The predicted octanol–water partition coefficient (Wildman–Crippen LogP) is 10.2. The maximum atomic E-state index is 6.58. The van der Waals surface area contributed by atoms with E-state index in [1.54, 1.807) is 4.80 Å². The summed E-state index contributed by atoms with van der Waals surface area (Å²) in [6.07, 6.45) is 0.807. The van der Waals surface area contributed by atoms with Crippen LogP contribution in [0, 0.1) is 0 Å². The molecule has 51 heavy (non-hydrogen) atoms. The minimum absolute atomic E-state index is 0.395. The summed E-state index contributed by atoms with van der Waals surface area (Å²) >= 11 is 6.58. The van der Waals surface area contributed by atoms with Crippen LogP contribution in [0.3, 0.4) is 0 Å². The zero-order valence-electron chi connectivity index (χ0n) is 28.0. The van der Waals surface area contributed by atoms with Crippen LogP contribution in [0.4, 0.5) is 0 Å². The van der Waals surface area contributed by atoms with Crippen LogP contribution >= 0.6 is 11.6 Å². The Labute approximate surface area is 302 Å². The zero-order chi connectivity index (χ0) is 34.6. The third kappa shape index (κ3) is 6.04. The second kappa shape index (κ2) is 14.0. The standard InChI is InChI=1S/C44H34ClN5O/c1-2-36-29-41(42-39(45)23-14-24-40(42)46-36)51-30-31-25-27-32(28-26-31)37-21-12-13-22-38(37)43-47-49-50(48-43)44(33-15-6-3-7-16-33,34-17-8-4-9-18-34)35-19-10-5-11-20-35/h3-29H,2,30H2,1H3. The van der Waals surface area contributed by atoms with Crippen molar-refractivity contribution < 1.29 is 4.74 Å². The molecule has 0 fully saturated rings. The van der Waals surface area contributed by atoms with Gasteiger partial charge in [-0.1, -0.05) is 164 Å². The van der Waals surface area contributed by atoms with Crippen LogP contribution in [0.2, 0.25) is 5.02 Å². The Morgan fingerprint density at radius 1 is 0.647 bits per heavy atom. The van der Waals surface area contributed by atoms with E-state index in [0.717, 1.165) is 67.7 Å². The fourth-order valence-electron chi connectivity index (χ4n) is 6.78. The third-order valence-corrected chi connectivity index (χ3v) is 9.59. The van der Waals surface area contributed by atoms with Gasteiger partial charge in [0, 0.05) is 17.3 Å². The van der Waals surface area contributed by atoms with Crippen LogP contribution in [0.5, 0.6) is 5.75 Å². The average Bonchev–Trinajstić information content (AvgIpc) is 3.69. The lowest BCUT2D eigenvalue weighted by Crippen LogP contribution is -2.39. The molecule has 0 unspecified atom stereocenters. The number of fused-ring (bicyclic) bond motifs is 1. The highest BCUT2D eigenvalue weighted by molar-refractivity contribution is 6.35. The molecule has 0 amide bonds. The van der Waals surface area contributed by atoms with Gasteiger partial charge < -0.3 is 4.74 Å². The lowest BCUT2D eigenvalue weighted by atomic mass is 9.77. The van der Waals surface area contributed by atoms with Crippen LogP contribution in [0.25, 0.3) is 33.4 Å². The number of nitrogens with zero attached hydrogens (tertiary/aromatic N) is 5. The zero-order valence-corrected chi connectivity index (χ0v) is 28.8. The van der Waals surface area contributed by atoms with Gasteiger partial charge in [-0.3, -0.25) is 4.98 Å². The molecule has 6 nitrogen and oxygen atoms in total. The lowest BCUT2D eigenvalue weighted by Gasteiger charge is -2.34. The molecule has 0 N–H and O–H groups in total. The number of hydrogen-bond donors (Lipinski definition) is 0. The van der Waals surface area contributed by atoms with E-state index in [0.29, 0.717) is 17.5 Å². The van der Waals surface area contributed by atoms with Gasteiger partial charge in [-0.05, 0) is 57.1 Å². The van der Waals surface area contributed by atoms with Gasteiger partial charge in [-0.25, -0.2) is 0 Å². The molecule has 8 rings (SSSR count). The fourth-order valence-corrected chi connectivity index (χ4v) is 7.04. The van der Waals surface area contributed by atoms with Crippen LogP contribution in [-0.2, 0) is 18.6 Å². The summed E-state index contributed by atoms with van der Waals surface area (Å²) in [7, 11) is 0. The second-order valence-corrected chi connectivity index (χ2v) is 12.7. The molecule has 248 valence electrons. The molecule has 0 atom stereocenters. The van der Waals surface area contributed by atoms with Crippen molar-refractivity contribution in [3.63, 3.8) is 0 Å². The fraction of sp³-hybridized carbons (Fsp3) is 0.0909. The molecule has 0 radical (unpaired) electrons. The quantitative estimate of drug-likeness (QED) is 0.134. The summed E-state index contributed by atoms with van der Waals surface area (Å²) in [5, 5.41) is 16.1. The van der Waals surface area contributed by atoms with Crippen molar-refractivity contribution in [2.45, 2.75) is 25.5 Å². The molecule has 8 aromatic rings. The van der Waals surface area contributed by atoms with Crippen LogP contribution in [0.1, 0.15) is 34.9 Å². The highest BCUT2D eigenvalue weighted by Gasteiger charge is 2.41. The summed E-state index contributed by atoms with van der Waals surface area (Å²) < 4.78 is 6.36. The largest absolute Gasteiger partial charge is 0.488 e. The molecule has 0 aliphatic heterocycles. The number of benzene rings is 6. The predicted molar refractivity (Wildman–Crippen MR) is 204 cm³/mol. The van der Waals surface area contributed by atoms with Crippen molar-refractivity contribution in [2.75, 3.05) is 0 Å². The third-order valence-electron chi connectivity index (χ3n) is 9.28. The molecule has 0 spiro atoms. The highest BCUT2D eigenvalue weighted by Crippen LogP contribution is 2.40. The van der Waals surface area contributed by atoms with E-state index >= 15 is 0 Å². The molecule has 0 saturated carbocycles. The Morgan fingerprint density at radius 3 is 1.84 bits per heavy atom. The average molecular weight is 684 g/mol. The number of halogens is 1. The van der Waals surface area contributed by atoms with Crippen molar-refractivity contribution in [3.05, 3.63) is 197 Å². The summed E-state index contributed by atoms with van der Waals surface area (Å²) in [5.74, 6) is 1.28. The first kappa shape index (κ1) is 32.1. The van der Waals surface area contributed by atoms with Crippen LogP contribution in [-0.4, -0.2) is 25.2 Å². The van der Waals surface area contributed by atoms with Gasteiger partial charge in [-0.2, -0.15) is 0 Å². The molecule has 6 aromatic carbocycles. The van der Waals surface area contributed by atoms with Gasteiger partial charge in [0.2, 0.25) is 5.82 Å². The Kier molecular flexibility index (Phi) is 8.83.